The Balaban J connectivity index is 0.00000200. The predicted octanol–water partition coefficient (Wildman–Crippen LogP) is 0.835. The zero-order valence-electron chi connectivity index (χ0n) is 10.8. The number of carboxylic acids is 1. The van der Waals surface area contributed by atoms with Gasteiger partial charge >= 0.3 is 6.18 Å². The number of rotatable bonds is 3. The van der Waals surface area contributed by atoms with Gasteiger partial charge in [0, 0.05) is 46.6 Å². The van der Waals surface area contributed by atoms with Crippen molar-refractivity contribution in [3.63, 3.8) is 0 Å². The van der Waals surface area contributed by atoms with E-state index in [2.05, 4.69) is 9.97 Å². The zero-order valence-corrected chi connectivity index (χ0v) is 13.6. The molecule has 1 aromatic heterocycles. The van der Waals surface area contributed by atoms with E-state index in [0.717, 1.165) is 6.42 Å². The van der Waals surface area contributed by atoms with Crippen LogP contribution >= 0.6 is 11.8 Å². The first-order valence-electron chi connectivity index (χ1n) is 5.67. The number of fused-ring (bicyclic) bond motifs is 1. The molecule has 0 fully saturated rings. The fraction of sp³-hybridized carbons (Fsp3) is 0.545. The summed E-state index contributed by atoms with van der Waals surface area (Å²) in [7, 11) is 0. The smallest absolute Gasteiger partial charge is 0.433 e. The molecule has 20 heavy (non-hydrogen) atoms. The van der Waals surface area contributed by atoms with Crippen LogP contribution in [-0.2, 0) is 23.8 Å². The number of aryl methyl sites for hydroxylation is 1. The van der Waals surface area contributed by atoms with Gasteiger partial charge in [0.1, 0.15) is 0 Å². The van der Waals surface area contributed by atoms with Gasteiger partial charge in [0.15, 0.2) is 10.9 Å². The number of hydrogen-bond donors (Lipinski definition) is 0. The van der Waals surface area contributed by atoms with Gasteiger partial charge in [0.05, 0.1) is 5.97 Å². The van der Waals surface area contributed by atoms with Crippen LogP contribution < -0.4 is 5.11 Å². The fourth-order valence-electron chi connectivity index (χ4n) is 1.99. The first kappa shape index (κ1) is 17.7. The topological polar surface area (TPSA) is 65.9 Å². The van der Waals surface area contributed by atoms with Crippen LogP contribution in [0, 0.1) is 0 Å². The quantitative estimate of drug-likeness (QED) is 0.470. The summed E-state index contributed by atoms with van der Waals surface area (Å²) < 4.78 is 38.8. The van der Waals surface area contributed by atoms with Crippen LogP contribution in [0.4, 0.5) is 13.2 Å². The summed E-state index contributed by atoms with van der Waals surface area (Å²) in [5.74, 6) is -1.82. The summed E-state index contributed by atoms with van der Waals surface area (Å²) in [6.07, 6.45) is -2.28. The van der Waals surface area contributed by atoms with E-state index in [4.69, 9.17) is 0 Å². The van der Waals surface area contributed by atoms with Crippen LogP contribution in [0.2, 0.25) is 0 Å². The molecule has 0 amide bonds. The standard InChI is InChI=1S/C11H11F3N2O2S.Na/c12-11(13,14)9-6-3-1-2-4-7(6)15-10(16-9)19-5-8(17)18;/h1-5H2,(H,17,18);/p-1. The van der Waals surface area contributed by atoms with Crippen LogP contribution in [0.3, 0.4) is 0 Å². The fourth-order valence-corrected chi connectivity index (χ4v) is 2.57. The van der Waals surface area contributed by atoms with E-state index in [0.29, 0.717) is 36.7 Å². The van der Waals surface area contributed by atoms with Gasteiger partial charge in [0.25, 0.3) is 0 Å². The van der Waals surface area contributed by atoms with Gasteiger partial charge in [0.2, 0.25) is 0 Å². The average Bonchev–Trinajstić information content (AvgIpc) is 2.34. The first-order valence-corrected chi connectivity index (χ1v) is 6.66. The molecule has 1 aromatic rings. The molecule has 1 aliphatic carbocycles. The molecular weight excluding hydrogens is 304 g/mol. The monoisotopic (exact) mass is 314 g/mol. The molecule has 0 saturated carbocycles. The Kier molecular flexibility index (Phi) is 6.30. The van der Waals surface area contributed by atoms with E-state index in [1.807, 2.05) is 0 Å². The summed E-state index contributed by atoms with van der Waals surface area (Å²) in [5, 5.41) is 10.2. The molecule has 0 bridgehead atoms. The summed E-state index contributed by atoms with van der Waals surface area (Å²) in [4.78, 5) is 17.8. The Morgan fingerprint density at radius 2 is 1.90 bits per heavy atom. The van der Waals surface area contributed by atoms with Crippen LogP contribution in [0.25, 0.3) is 0 Å². The number of aromatic nitrogens is 2. The molecular formula is C11H10F3N2NaO2S-. The van der Waals surface area contributed by atoms with E-state index >= 15 is 0 Å². The van der Waals surface area contributed by atoms with Gasteiger partial charge in [-0.05, 0) is 25.7 Å². The maximum Gasteiger partial charge on any atom is 0.433 e. The molecule has 1 heterocycles. The number of hydrogen-bond acceptors (Lipinski definition) is 5. The van der Waals surface area contributed by atoms with Crippen molar-refractivity contribution in [3.8, 4) is 0 Å². The van der Waals surface area contributed by atoms with Gasteiger partial charge in [-0.15, -0.1) is 0 Å². The number of carboxylic acid groups (broad SMARTS) is 1. The van der Waals surface area contributed by atoms with Crippen LogP contribution in [-0.4, -0.2) is 51.2 Å². The van der Waals surface area contributed by atoms with E-state index in [-0.39, 0.29) is 40.3 Å². The van der Waals surface area contributed by atoms with E-state index in [9.17, 15) is 23.1 Å². The normalized spacial score (nSPS) is 14.3. The summed E-state index contributed by atoms with van der Waals surface area (Å²) in [6.45, 7) is 0. The van der Waals surface area contributed by atoms with Crippen molar-refractivity contribution in [2.45, 2.75) is 37.0 Å². The number of alkyl halides is 3. The number of carbonyl (C=O) groups excluding carboxylic acids is 1. The Morgan fingerprint density at radius 3 is 2.50 bits per heavy atom. The molecule has 0 atom stereocenters. The third-order valence-corrected chi connectivity index (χ3v) is 3.57. The van der Waals surface area contributed by atoms with Crippen LogP contribution in [0.15, 0.2) is 5.16 Å². The molecule has 0 aliphatic heterocycles. The minimum atomic E-state index is -4.54. The summed E-state index contributed by atoms with van der Waals surface area (Å²) >= 11 is 0.647. The molecule has 2 rings (SSSR count). The molecule has 1 radical (unpaired) electrons. The van der Waals surface area contributed by atoms with E-state index in [1.165, 1.54) is 0 Å². The Hall–Kier alpha value is -0.310. The summed E-state index contributed by atoms with van der Waals surface area (Å²) in [6, 6.07) is 0. The van der Waals surface area contributed by atoms with Crippen molar-refractivity contribution in [1.82, 2.24) is 9.97 Å². The van der Waals surface area contributed by atoms with Crippen molar-refractivity contribution in [1.29, 1.82) is 0 Å². The van der Waals surface area contributed by atoms with Crippen LogP contribution in [0.1, 0.15) is 29.8 Å². The molecule has 4 nitrogen and oxygen atoms in total. The third-order valence-electron chi connectivity index (χ3n) is 2.75. The molecule has 0 aromatic carbocycles. The molecule has 105 valence electrons. The Morgan fingerprint density at radius 1 is 1.25 bits per heavy atom. The van der Waals surface area contributed by atoms with Gasteiger partial charge in [-0.25, -0.2) is 9.97 Å². The van der Waals surface area contributed by atoms with Gasteiger partial charge in [-0.2, -0.15) is 13.2 Å². The molecule has 0 unspecified atom stereocenters. The molecule has 1 aliphatic rings. The molecule has 0 spiro atoms. The minimum Gasteiger partial charge on any atom is -0.549 e. The van der Waals surface area contributed by atoms with Crippen molar-refractivity contribution in [2.24, 2.45) is 0 Å². The maximum atomic E-state index is 12.9. The second-order valence-electron chi connectivity index (χ2n) is 4.15. The molecule has 9 heteroatoms. The Labute approximate surface area is 139 Å². The number of halogens is 3. The van der Waals surface area contributed by atoms with Gasteiger partial charge in [-0.1, -0.05) is 11.8 Å². The van der Waals surface area contributed by atoms with Crippen molar-refractivity contribution in [3.05, 3.63) is 17.0 Å². The number of aliphatic carboxylic acids is 1. The minimum absolute atomic E-state index is 0. The second kappa shape index (κ2) is 7.11. The molecule has 0 saturated heterocycles. The maximum absolute atomic E-state index is 12.9. The second-order valence-corrected chi connectivity index (χ2v) is 5.09. The van der Waals surface area contributed by atoms with Gasteiger partial charge < -0.3 is 9.90 Å². The van der Waals surface area contributed by atoms with Crippen LogP contribution in [0.5, 0.6) is 0 Å². The van der Waals surface area contributed by atoms with Crippen molar-refractivity contribution in [2.75, 3.05) is 5.75 Å². The van der Waals surface area contributed by atoms with Gasteiger partial charge in [-0.3, -0.25) is 0 Å². The number of nitrogens with zero attached hydrogens (tertiary/aromatic N) is 2. The summed E-state index contributed by atoms with van der Waals surface area (Å²) in [5.41, 5.74) is -0.399. The van der Waals surface area contributed by atoms with E-state index in [1.54, 1.807) is 0 Å². The SMILES string of the molecule is O=C([O-])CSc1nc2c(c(C(F)(F)F)n1)CCCC2.[Na]. The largest absolute Gasteiger partial charge is 0.549 e. The zero-order chi connectivity index (χ0) is 14.0. The van der Waals surface area contributed by atoms with Crippen molar-refractivity contribution >= 4 is 47.3 Å². The predicted molar refractivity (Wildman–Crippen MR) is 65.2 cm³/mol. The average molecular weight is 314 g/mol. The number of carbonyl (C=O) groups is 1. The van der Waals surface area contributed by atoms with E-state index < -0.39 is 23.6 Å². The Bertz CT molecular complexity index is 511. The third kappa shape index (κ3) is 4.34. The molecule has 0 N–H and O–H groups in total. The van der Waals surface area contributed by atoms with Crippen molar-refractivity contribution < 1.29 is 23.1 Å². The first-order chi connectivity index (χ1) is 8.88. The number of thioether (sulfide) groups is 1.